The van der Waals surface area contributed by atoms with Crippen molar-refractivity contribution in [1.29, 1.82) is 0 Å². The van der Waals surface area contributed by atoms with Crippen molar-refractivity contribution in [2.75, 3.05) is 0 Å². The number of aryl methyl sites for hydroxylation is 1. The van der Waals surface area contributed by atoms with E-state index in [1.54, 1.807) is 4.57 Å². The highest BCUT2D eigenvalue weighted by molar-refractivity contribution is 5.85. The number of fused-ring (bicyclic) bond motifs is 4. The predicted molar refractivity (Wildman–Crippen MR) is 106 cm³/mol. The van der Waals surface area contributed by atoms with Gasteiger partial charge in [0.25, 0.3) is 5.56 Å². The number of aromatic nitrogens is 2. The number of pyridine rings is 1. The number of para-hydroxylation sites is 2. The number of nitrogens with zero attached hydrogens (tertiary/aromatic N) is 1. The fourth-order valence-electron chi connectivity index (χ4n) is 4.24. The van der Waals surface area contributed by atoms with Gasteiger partial charge in [-0.25, -0.2) is 0 Å². The molecule has 4 aromatic rings. The van der Waals surface area contributed by atoms with Crippen LogP contribution in [0.4, 0.5) is 0 Å². The van der Waals surface area contributed by atoms with Gasteiger partial charge in [0.05, 0.1) is 5.52 Å². The first-order valence-corrected chi connectivity index (χ1v) is 9.10. The molecule has 0 aliphatic heterocycles. The molecule has 2 N–H and O–H groups in total. The third-order valence-corrected chi connectivity index (χ3v) is 5.59. The summed E-state index contributed by atoms with van der Waals surface area (Å²) in [6.45, 7) is 0.602. The Bertz CT molecular complexity index is 1190. The summed E-state index contributed by atoms with van der Waals surface area (Å²) in [7, 11) is 1.85. The molecule has 0 saturated heterocycles. The molecule has 1 atom stereocenters. The Morgan fingerprint density at radius 3 is 2.85 bits per heavy atom. The van der Waals surface area contributed by atoms with Gasteiger partial charge in [0.1, 0.15) is 0 Å². The first-order chi connectivity index (χ1) is 12.7. The van der Waals surface area contributed by atoms with Crippen LogP contribution in [0, 0.1) is 0 Å². The van der Waals surface area contributed by atoms with E-state index < -0.39 is 0 Å². The summed E-state index contributed by atoms with van der Waals surface area (Å²) in [6.07, 6.45) is 1.99. The molecule has 0 amide bonds. The Balaban J connectivity index is 1.38. The number of H-pyrrole nitrogens is 1. The van der Waals surface area contributed by atoms with Crippen molar-refractivity contribution in [2.45, 2.75) is 25.4 Å². The maximum Gasteiger partial charge on any atom is 0.255 e. The van der Waals surface area contributed by atoms with Crippen LogP contribution in [0.15, 0.2) is 59.4 Å². The van der Waals surface area contributed by atoms with Gasteiger partial charge in [-0.05, 0) is 35.6 Å². The van der Waals surface area contributed by atoms with E-state index in [9.17, 15) is 4.79 Å². The van der Waals surface area contributed by atoms with E-state index in [0.29, 0.717) is 12.6 Å². The maximum atomic E-state index is 12.6. The summed E-state index contributed by atoms with van der Waals surface area (Å²) in [5, 5.41) is 6.03. The fraction of sp³-hybridized carbons (Fsp3) is 0.227. The highest BCUT2D eigenvalue weighted by Crippen LogP contribution is 2.30. The SMILES string of the molecule is Cn1c(=O)c(CNC2Cc3[nH]c4ccccc4c3C2)cc2ccccc21. The van der Waals surface area contributed by atoms with Crippen molar-refractivity contribution in [1.82, 2.24) is 14.9 Å². The Labute approximate surface area is 151 Å². The maximum absolute atomic E-state index is 12.6. The monoisotopic (exact) mass is 343 g/mol. The van der Waals surface area contributed by atoms with Crippen LogP contribution < -0.4 is 10.9 Å². The number of hydrogen-bond donors (Lipinski definition) is 2. The minimum atomic E-state index is 0.0816. The number of aromatic amines is 1. The van der Waals surface area contributed by atoms with Crippen molar-refractivity contribution >= 4 is 21.8 Å². The first-order valence-electron chi connectivity index (χ1n) is 9.10. The van der Waals surface area contributed by atoms with Crippen LogP contribution >= 0.6 is 0 Å². The second kappa shape index (κ2) is 5.85. The number of benzene rings is 2. The predicted octanol–water partition coefficient (Wildman–Crippen LogP) is 3.28. The minimum Gasteiger partial charge on any atom is -0.358 e. The van der Waals surface area contributed by atoms with Crippen molar-refractivity contribution < 1.29 is 0 Å². The molecule has 0 saturated carbocycles. The topological polar surface area (TPSA) is 49.8 Å². The molecule has 1 aliphatic rings. The standard InChI is InChI=1S/C22H21N3O/c1-25-21-9-5-2-6-14(21)10-15(22(25)26)13-23-16-11-18-17-7-3-4-8-19(17)24-20(18)12-16/h2-10,16,23-24H,11-13H2,1H3. The summed E-state index contributed by atoms with van der Waals surface area (Å²) in [5.41, 5.74) is 5.85. The van der Waals surface area contributed by atoms with Gasteiger partial charge in [0.2, 0.25) is 0 Å². The van der Waals surface area contributed by atoms with Crippen LogP contribution in [-0.2, 0) is 26.4 Å². The van der Waals surface area contributed by atoms with E-state index in [1.807, 2.05) is 31.3 Å². The molecule has 2 heterocycles. The highest BCUT2D eigenvalue weighted by Gasteiger charge is 2.25. The molecule has 2 aromatic heterocycles. The molecule has 0 bridgehead atoms. The van der Waals surface area contributed by atoms with Crippen molar-refractivity contribution in [3.05, 3.63) is 81.8 Å². The quantitative estimate of drug-likeness (QED) is 0.600. The largest absolute Gasteiger partial charge is 0.358 e. The summed E-state index contributed by atoms with van der Waals surface area (Å²) >= 11 is 0. The molecule has 130 valence electrons. The van der Waals surface area contributed by atoms with Gasteiger partial charge in [0.15, 0.2) is 0 Å². The molecule has 0 fully saturated rings. The lowest BCUT2D eigenvalue weighted by molar-refractivity contribution is 0.528. The molecule has 2 aromatic carbocycles. The molecule has 5 rings (SSSR count). The minimum absolute atomic E-state index is 0.0816. The third kappa shape index (κ3) is 2.37. The van der Waals surface area contributed by atoms with Gasteiger partial charge in [-0.15, -0.1) is 0 Å². The van der Waals surface area contributed by atoms with Gasteiger partial charge in [-0.1, -0.05) is 36.4 Å². The number of rotatable bonds is 3. The Morgan fingerprint density at radius 1 is 1.12 bits per heavy atom. The normalized spacial score (nSPS) is 16.4. The number of nitrogens with one attached hydrogen (secondary N) is 2. The van der Waals surface area contributed by atoms with E-state index >= 15 is 0 Å². The molecular weight excluding hydrogens is 322 g/mol. The summed E-state index contributed by atoms with van der Waals surface area (Å²) in [5.74, 6) is 0. The van der Waals surface area contributed by atoms with E-state index in [2.05, 4.69) is 40.6 Å². The molecule has 26 heavy (non-hydrogen) atoms. The van der Waals surface area contributed by atoms with Crippen LogP contribution in [-0.4, -0.2) is 15.6 Å². The van der Waals surface area contributed by atoms with Crippen LogP contribution in [0.3, 0.4) is 0 Å². The second-order valence-electron chi connectivity index (χ2n) is 7.21. The van der Waals surface area contributed by atoms with Gasteiger partial charge >= 0.3 is 0 Å². The summed E-state index contributed by atoms with van der Waals surface area (Å²) in [6, 6.07) is 18.9. The molecule has 0 radical (unpaired) electrons. The molecular formula is C22H21N3O. The van der Waals surface area contributed by atoms with Crippen LogP contribution in [0.1, 0.15) is 16.8 Å². The van der Waals surface area contributed by atoms with Gasteiger partial charge in [-0.2, -0.15) is 0 Å². The van der Waals surface area contributed by atoms with Crippen molar-refractivity contribution in [3.63, 3.8) is 0 Å². The Hall–Kier alpha value is -2.85. The molecule has 4 heteroatoms. The van der Waals surface area contributed by atoms with Gasteiger partial charge in [-0.3, -0.25) is 4.79 Å². The van der Waals surface area contributed by atoms with E-state index in [-0.39, 0.29) is 5.56 Å². The third-order valence-electron chi connectivity index (χ3n) is 5.59. The van der Waals surface area contributed by atoms with Crippen LogP contribution in [0.25, 0.3) is 21.8 Å². The molecule has 0 spiro atoms. The van der Waals surface area contributed by atoms with Crippen LogP contribution in [0.2, 0.25) is 0 Å². The second-order valence-corrected chi connectivity index (χ2v) is 7.21. The van der Waals surface area contributed by atoms with Gasteiger partial charge in [0, 0.05) is 48.2 Å². The fourth-order valence-corrected chi connectivity index (χ4v) is 4.24. The average molecular weight is 343 g/mol. The lowest BCUT2D eigenvalue weighted by atomic mass is 10.1. The van der Waals surface area contributed by atoms with E-state index in [4.69, 9.17) is 0 Å². The molecule has 1 aliphatic carbocycles. The van der Waals surface area contributed by atoms with Crippen LogP contribution in [0.5, 0.6) is 0 Å². The van der Waals surface area contributed by atoms with E-state index in [0.717, 1.165) is 29.3 Å². The zero-order valence-electron chi connectivity index (χ0n) is 14.8. The smallest absolute Gasteiger partial charge is 0.255 e. The lowest BCUT2D eigenvalue weighted by Crippen LogP contribution is -2.33. The summed E-state index contributed by atoms with van der Waals surface area (Å²) < 4.78 is 1.75. The Morgan fingerprint density at radius 2 is 1.92 bits per heavy atom. The first kappa shape index (κ1) is 15.4. The lowest BCUT2D eigenvalue weighted by Gasteiger charge is -2.14. The zero-order chi connectivity index (χ0) is 17.7. The zero-order valence-corrected chi connectivity index (χ0v) is 14.8. The van der Waals surface area contributed by atoms with Crippen molar-refractivity contribution in [2.24, 2.45) is 7.05 Å². The number of hydrogen-bond acceptors (Lipinski definition) is 2. The van der Waals surface area contributed by atoms with Gasteiger partial charge < -0.3 is 14.9 Å². The summed E-state index contributed by atoms with van der Waals surface area (Å²) in [4.78, 5) is 16.2. The van der Waals surface area contributed by atoms with Crippen molar-refractivity contribution in [3.8, 4) is 0 Å². The average Bonchev–Trinajstić information content (AvgIpc) is 3.21. The Kier molecular flexibility index (Phi) is 3.47. The van der Waals surface area contributed by atoms with E-state index in [1.165, 1.54) is 22.2 Å². The highest BCUT2D eigenvalue weighted by atomic mass is 16.1. The molecule has 4 nitrogen and oxygen atoms in total. The molecule has 1 unspecified atom stereocenters.